The fourth-order valence-corrected chi connectivity index (χ4v) is 3.11. The summed E-state index contributed by atoms with van der Waals surface area (Å²) in [6.07, 6.45) is 0. The van der Waals surface area contributed by atoms with E-state index in [0.29, 0.717) is 5.69 Å². The van der Waals surface area contributed by atoms with Crippen molar-refractivity contribution < 1.29 is 0 Å². The molecule has 0 radical (unpaired) electrons. The van der Waals surface area contributed by atoms with Crippen molar-refractivity contribution in [3.63, 3.8) is 0 Å². The average molecular weight is 306 g/mol. The third-order valence-corrected chi connectivity index (χ3v) is 4.32. The average Bonchev–Trinajstić information content (AvgIpc) is 3.00. The Hall–Kier alpha value is -2.62. The SMILES string of the molecule is Cc1ccc(C)c(-c2csc(-c3cccc(N=[N+]=[N-])c3)n2)c1. The molecule has 0 aliphatic rings. The number of benzene rings is 2. The van der Waals surface area contributed by atoms with E-state index in [1.165, 1.54) is 11.1 Å². The summed E-state index contributed by atoms with van der Waals surface area (Å²) in [6, 6.07) is 13.9. The van der Waals surface area contributed by atoms with Crippen molar-refractivity contribution in [3.8, 4) is 21.8 Å². The first kappa shape index (κ1) is 14.3. The predicted octanol–water partition coefficient (Wildman–Crippen LogP) is 6.04. The Morgan fingerprint density at radius 1 is 1.14 bits per heavy atom. The first-order valence-corrected chi connectivity index (χ1v) is 7.74. The number of aryl methyl sites for hydroxylation is 2. The van der Waals surface area contributed by atoms with Gasteiger partial charge < -0.3 is 0 Å². The fraction of sp³-hybridized carbons (Fsp3) is 0.118. The first-order valence-electron chi connectivity index (χ1n) is 6.86. The van der Waals surface area contributed by atoms with Gasteiger partial charge in [0, 0.05) is 27.1 Å². The molecule has 0 fully saturated rings. The van der Waals surface area contributed by atoms with Gasteiger partial charge in [-0.2, -0.15) is 0 Å². The Bertz CT molecular complexity index is 876. The van der Waals surface area contributed by atoms with Crippen LogP contribution in [0.5, 0.6) is 0 Å². The van der Waals surface area contributed by atoms with Crippen LogP contribution in [-0.2, 0) is 0 Å². The third kappa shape index (κ3) is 2.86. The number of hydrogen-bond donors (Lipinski definition) is 0. The van der Waals surface area contributed by atoms with E-state index in [2.05, 4.69) is 47.5 Å². The van der Waals surface area contributed by atoms with Gasteiger partial charge in [-0.1, -0.05) is 41.0 Å². The lowest BCUT2D eigenvalue weighted by molar-refractivity contribution is 1.34. The Kier molecular flexibility index (Phi) is 3.92. The molecule has 22 heavy (non-hydrogen) atoms. The Balaban J connectivity index is 2.02. The van der Waals surface area contributed by atoms with Crippen LogP contribution in [0.25, 0.3) is 32.3 Å². The molecule has 0 aliphatic heterocycles. The van der Waals surface area contributed by atoms with Gasteiger partial charge in [0.1, 0.15) is 5.01 Å². The van der Waals surface area contributed by atoms with Crippen molar-refractivity contribution in [3.05, 3.63) is 69.4 Å². The maximum atomic E-state index is 8.54. The molecule has 5 heteroatoms. The number of nitrogens with zero attached hydrogens (tertiary/aromatic N) is 4. The number of rotatable bonds is 3. The van der Waals surface area contributed by atoms with Crippen LogP contribution in [0.3, 0.4) is 0 Å². The second-order valence-corrected chi connectivity index (χ2v) is 5.95. The molecule has 0 saturated carbocycles. The van der Waals surface area contributed by atoms with E-state index in [1.807, 2.05) is 18.2 Å². The van der Waals surface area contributed by atoms with Crippen LogP contribution in [0, 0.1) is 13.8 Å². The standard InChI is InChI=1S/C17H14N4S/c1-11-6-7-12(2)15(8-11)16-10-22-17(19-16)13-4-3-5-14(9-13)20-21-18/h3-10H,1-2H3. The molecule has 0 N–H and O–H groups in total. The summed E-state index contributed by atoms with van der Waals surface area (Å²) in [5.74, 6) is 0. The molecule has 0 atom stereocenters. The van der Waals surface area contributed by atoms with Crippen molar-refractivity contribution in [2.24, 2.45) is 5.11 Å². The highest BCUT2D eigenvalue weighted by Gasteiger charge is 2.09. The molecule has 0 bridgehead atoms. The van der Waals surface area contributed by atoms with Gasteiger partial charge in [-0.15, -0.1) is 11.3 Å². The normalized spacial score (nSPS) is 10.3. The van der Waals surface area contributed by atoms with Gasteiger partial charge in [-0.25, -0.2) is 4.98 Å². The van der Waals surface area contributed by atoms with Crippen molar-refractivity contribution in [2.45, 2.75) is 13.8 Å². The summed E-state index contributed by atoms with van der Waals surface area (Å²) < 4.78 is 0. The summed E-state index contributed by atoms with van der Waals surface area (Å²) in [7, 11) is 0. The smallest absolute Gasteiger partial charge is 0.124 e. The third-order valence-electron chi connectivity index (χ3n) is 3.43. The summed E-state index contributed by atoms with van der Waals surface area (Å²) in [5.41, 5.74) is 14.7. The highest BCUT2D eigenvalue weighted by Crippen LogP contribution is 2.32. The van der Waals surface area contributed by atoms with E-state index >= 15 is 0 Å². The lowest BCUT2D eigenvalue weighted by Gasteiger charge is -2.04. The van der Waals surface area contributed by atoms with Gasteiger partial charge in [0.2, 0.25) is 0 Å². The summed E-state index contributed by atoms with van der Waals surface area (Å²) in [5, 5.41) is 6.63. The molecule has 2 aromatic carbocycles. The van der Waals surface area contributed by atoms with Crippen LogP contribution >= 0.6 is 11.3 Å². The van der Waals surface area contributed by atoms with Gasteiger partial charge in [-0.3, -0.25) is 0 Å². The molecule has 3 aromatic rings. The number of thiazole rings is 1. The quantitative estimate of drug-likeness (QED) is 0.331. The van der Waals surface area contributed by atoms with E-state index in [-0.39, 0.29) is 0 Å². The van der Waals surface area contributed by atoms with E-state index in [9.17, 15) is 0 Å². The lowest BCUT2D eigenvalue weighted by atomic mass is 10.0. The lowest BCUT2D eigenvalue weighted by Crippen LogP contribution is -1.85. The highest BCUT2D eigenvalue weighted by molar-refractivity contribution is 7.13. The van der Waals surface area contributed by atoms with E-state index in [0.717, 1.165) is 21.8 Å². The molecular formula is C17H14N4S. The molecule has 0 saturated heterocycles. The second-order valence-electron chi connectivity index (χ2n) is 5.10. The van der Waals surface area contributed by atoms with Crippen molar-refractivity contribution >= 4 is 17.0 Å². The largest absolute Gasteiger partial charge is 0.236 e. The van der Waals surface area contributed by atoms with Gasteiger partial charge in [0.15, 0.2) is 0 Å². The van der Waals surface area contributed by atoms with Gasteiger partial charge in [0.25, 0.3) is 0 Å². The monoisotopic (exact) mass is 306 g/mol. The van der Waals surface area contributed by atoms with Gasteiger partial charge in [-0.05, 0) is 37.1 Å². The molecule has 1 aromatic heterocycles. The summed E-state index contributed by atoms with van der Waals surface area (Å²) in [4.78, 5) is 7.56. The Morgan fingerprint density at radius 2 is 2.00 bits per heavy atom. The van der Waals surface area contributed by atoms with Crippen molar-refractivity contribution in [2.75, 3.05) is 0 Å². The molecule has 0 aliphatic carbocycles. The maximum absolute atomic E-state index is 8.54. The minimum absolute atomic E-state index is 0.600. The van der Waals surface area contributed by atoms with Crippen LogP contribution in [0.1, 0.15) is 11.1 Å². The number of aromatic nitrogens is 1. The van der Waals surface area contributed by atoms with Crippen LogP contribution in [0.15, 0.2) is 53.0 Å². The fourth-order valence-electron chi connectivity index (χ4n) is 2.29. The molecule has 3 rings (SSSR count). The van der Waals surface area contributed by atoms with Crippen molar-refractivity contribution in [1.82, 2.24) is 4.98 Å². The van der Waals surface area contributed by atoms with E-state index < -0.39 is 0 Å². The van der Waals surface area contributed by atoms with E-state index in [4.69, 9.17) is 10.5 Å². The second kappa shape index (κ2) is 6.02. The van der Waals surface area contributed by atoms with Crippen LogP contribution in [0.4, 0.5) is 5.69 Å². The Morgan fingerprint density at radius 3 is 2.82 bits per heavy atom. The molecule has 0 spiro atoms. The van der Waals surface area contributed by atoms with Crippen LogP contribution in [0.2, 0.25) is 0 Å². The zero-order chi connectivity index (χ0) is 15.5. The minimum Gasteiger partial charge on any atom is -0.236 e. The molecule has 0 amide bonds. The zero-order valence-electron chi connectivity index (χ0n) is 12.3. The highest BCUT2D eigenvalue weighted by atomic mass is 32.1. The summed E-state index contributed by atoms with van der Waals surface area (Å²) >= 11 is 1.59. The molecule has 1 heterocycles. The predicted molar refractivity (Wildman–Crippen MR) is 91.3 cm³/mol. The van der Waals surface area contributed by atoms with E-state index in [1.54, 1.807) is 17.4 Å². The molecule has 4 nitrogen and oxygen atoms in total. The number of azide groups is 1. The summed E-state index contributed by atoms with van der Waals surface area (Å²) in [6.45, 7) is 4.18. The Labute approximate surface area is 132 Å². The van der Waals surface area contributed by atoms with Crippen LogP contribution in [-0.4, -0.2) is 4.98 Å². The molecule has 108 valence electrons. The molecular weight excluding hydrogens is 292 g/mol. The minimum atomic E-state index is 0.600. The van der Waals surface area contributed by atoms with Crippen molar-refractivity contribution in [1.29, 1.82) is 0 Å². The molecule has 0 unspecified atom stereocenters. The van der Waals surface area contributed by atoms with Gasteiger partial charge in [0.05, 0.1) is 5.69 Å². The number of hydrogen-bond acceptors (Lipinski definition) is 3. The van der Waals surface area contributed by atoms with Crippen LogP contribution < -0.4 is 0 Å². The topological polar surface area (TPSA) is 61.7 Å². The zero-order valence-corrected chi connectivity index (χ0v) is 13.1. The maximum Gasteiger partial charge on any atom is 0.124 e. The van der Waals surface area contributed by atoms with Gasteiger partial charge >= 0.3 is 0 Å². The first-order chi connectivity index (χ1) is 10.7.